The monoisotopic (exact) mass is 230 g/mol. The average Bonchev–Trinajstić information content (AvgIpc) is 3.28. The number of nitrogens with zero attached hydrogens (tertiary/aromatic N) is 2. The maximum Gasteiger partial charge on any atom is 0.0648 e. The lowest BCUT2D eigenvalue weighted by molar-refractivity contribution is 0.0990. The van der Waals surface area contributed by atoms with Gasteiger partial charge in [0.2, 0.25) is 0 Å². The molecule has 0 saturated heterocycles. The van der Waals surface area contributed by atoms with E-state index in [1.165, 1.54) is 31.2 Å². The van der Waals surface area contributed by atoms with E-state index in [0.717, 1.165) is 19.1 Å². The van der Waals surface area contributed by atoms with Gasteiger partial charge in [0.25, 0.3) is 0 Å². The molecule has 2 fully saturated rings. The molecule has 3 aliphatic rings. The Kier molecular flexibility index (Phi) is 2.01. The molecule has 2 aliphatic carbocycles. The van der Waals surface area contributed by atoms with Crippen molar-refractivity contribution in [3.8, 4) is 0 Å². The van der Waals surface area contributed by atoms with Crippen LogP contribution in [0, 0.1) is 5.92 Å². The molecule has 3 heteroatoms. The lowest BCUT2D eigenvalue weighted by Crippen LogP contribution is -2.34. The molecule has 90 valence electrons. The maximum atomic E-state index is 5.70. The van der Waals surface area contributed by atoms with E-state index in [2.05, 4.69) is 34.3 Å². The summed E-state index contributed by atoms with van der Waals surface area (Å²) < 4.78 is 7.86. The normalized spacial score (nSPS) is 32.9. The van der Waals surface area contributed by atoms with Gasteiger partial charge in [-0.2, -0.15) is 5.10 Å². The zero-order chi connectivity index (χ0) is 11.3. The molecular formula is C14H18N2O. The lowest BCUT2D eigenvalue weighted by atomic mass is 9.77. The third-order valence-electron chi connectivity index (χ3n) is 4.34. The van der Waals surface area contributed by atoms with Crippen LogP contribution >= 0.6 is 0 Å². The SMILES string of the molecule is C1=C[C@@](c2cnn(C3CC3)c2)(C2CC2)COC1. The molecule has 2 saturated carbocycles. The first kappa shape index (κ1) is 9.89. The number of ether oxygens (including phenoxy) is 1. The highest BCUT2D eigenvalue weighted by molar-refractivity contribution is 5.32. The Morgan fingerprint density at radius 3 is 2.82 bits per heavy atom. The molecule has 0 bridgehead atoms. The molecule has 0 spiro atoms. The number of aromatic nitrogens is 2. The predicted molar refractivity (Wildman–Crippen MR) is 64.9 cm³/mol. The minimum absolute atomic E-state index is 0.130. The smallest absolute Gasteiger partial charge is 0.0648 e. The Bertz CT molecular complexity index is 457. The van der Waals surface area contributed by atoms with Crippen molar-refractivity contribution in [1.82, 2.24) is 9.78 Å². The van der Waals surface area contributed by atoms with Crippen LogP contribution in [0.4, 0.5) is 0 Å². The zero-order valence-electron chi connectivity index (χ0n) is 10.0. The number of rotatable bonds is 3. The molecule has 0 amide bonds. The van der Waals surface area contributed by atoms with Crippen LogP contribution in [0.1, 0.15) is 37.3 Å². The van der Waals surface area contributed by atoms with Crippen LogP contribution < -0.4 is 0 Å². The molecule has 1 atom stereocenters. The second-order valence-corrected chi connectivity index (χ2v) is 5.67. The number of hydrogen-bond acceptors (Lipinski definition) is 2. The van der Waals surface area contributed by atoms with Gasteiger partial charge in [0, 0.05) is 17.2 Å². The molecule has 3 nitrogen and oxygen atoms in total. The molecule has 17 heavy (non-hydrogen) atoms. The van der Waals surface area contributed by atoms with E-state index >= 15 is 0 Å². The molecule has 1 aliphatic heterocycles. The molecule has 0 N–H and O–H groups in total. The van der Waals surface area contributed by atoms with E-state index in [1.807, 2.05) is 0 Å². The Morgan fingerprint density at radius 2 is 2.18 bits per heavy atom. The summed E-state index contributed by atoms with van der Waals surface area (Å²) in [6.07, 6.45) is 14.1. The van der Waals surface area contributed by atoms with Crippen LogP contribution in [-0.2, 0) is 10.2 Å². The van der Waals surface area contributed by atoms with Gasteiger partial charge >= 0.3 is 0 Å². The van der Waals surface area contributed by atoms with Crippen molar-refractivity contribution in [3.63, 3.8) is 0 Å². The van der Waals surface area contributed by atoms with Crippen LogP contribution in [0.3, 0.4) is 0 Å². The van der Waals surface area contributed by atoms with Crippen LogP contribution in [-0.4, -0.2) is 23.0 Å². The molecular weight excluding hydrogens is 212 g/mol. The summed E-state index contributed by atoms with van der Waals surface area (Å²) in [5.41, 5.74) is 1.49. The zero-order valence-corrected chi connectivity index (χ0v) is 10.0. The van der Waals surface area contributed by atoms with Crippen LogP contribution in [0.15, 0.2) is 24.5 Å². The maximum absolute atomic E-state index is 5.70. The van der Waals surface area contributed by atoms with E-state index in [1.54, 1.807) is 0 Å². The van der Waals surface area contributed by atoms with E-state index in [0.29, 0.717) is 6.04 Å². The fraction of sp³-hybridized carbons (Fsp3) is 0.643. The first-order chi connectivity index (χ1) is 8.38. The van der Waals surface area contributed by atoms with Crippen molar-refractivity contribution < 1.29 is 4.74 Å². The summed E-state index contributed by atoms with van der Waals surface area (Å²) in [5, 5.41) is 4.54. The summed E-state index contributed by atoms with van der Waals surface area (Å²) in [5.74, 6) is 0.774. The predicted octanol–water partition coefficient (Wildman–Crippen LogP) is 2.45. The first-order valence-electron chi connectivity index (χ1n) is 6.68. The largest absolute Gasteiger partial charge is 0.376 e. The van der Waals surface area contributed by atoms with Gasteiger partial charge in [0.05, 0.1) is 25.5 Å². The molecule has 1 aromatic heterocycles. The minimum atomic E-state index is 0.130. The highest BCUT2D eigenvalue weighted by Gasteiger charge is 2.46. The van der Waals surface area contributed by atoms with E-state index < -0.39 is 0 Å². The van der Waals surface area contributed by atoms with Gasteiger partial charge in [-0.1, -0.05) is 12.2 Å². The topological polar surface area (TPSA) is 27.1 Å². The van der Waals surface area contributed by atoms with Crippen LogP contribution in [0.2, 0.25) is 0 Å². The standard InChI is InChI=1S/C14H18N2O/c1-6-14(10-17-7-1,11-2-3-11)12-8-15-16(9-12)13-4-5-13/h1,6,8-9,11,13H,2-5,7,10H2/t14-/m0/s1. The molecule has 2 heterocycles. The summed E-state index contributed by atoms with van der Waals surface area (Å²) >= 11 is 0. The van der Waals surface area contributed by atoms with Gasteiger partial charge in [-0.3, -0.25) is 4.68 Å². The van der Waals surface area contributed by atoms with Crippen molar-refractivity contribution in [2.75, 3.05) is 13.2 Å². The van der Waals surface area contributed by atoms with Gasteiger partial charge in [0.15, 0.2) is 0 Å². The van der Waals surface area contributed by atoms with Crippen molar-refractivity contribution in [3.05, 3.63) is 30.1 Å². The van der Waals surface area contributed by atoms with Crippen molar-refractivity contribution in [2.24, 2.45) is 5.92 Å². The van der Waals surface area contributed by atoms with Crippen LogP contribution in [0.25, 0.3) is 0 Å². The van der Waals surface area contributed by atoms with Crippen molar-refractivity contribution >= 4 is 0 Å². The second-order valence-electron chi connectivity index (χ2n) is 5.67. The van der Waals surface area contributed by atoms with Gasteiger partial charge in [-0.15, -0.1) is 0 Å². The van der Waals surface area contributed by atoms with Gasteiger partial charge in [0.1, 0.15) is 0 Å². The Labute approximate surface area is 101 Å². The van der Waals surface area contributed by atoms with Gasteiger partial charge < -0.3 is 4.74 Å². The molecule has 1 aromatic rings. The highest BCUT2D eigenvalue weighted by Crippen LogP contribution is 2.50. The molecule has 0 aromatic carbocycles. The fourth-order valence-corrected chi connectivity index (χ4v) is 2.99. The minimum Gasteiger partial charge on any atom is -0.376 e. The number of hydrogen-bond donors (Lipinski definition) is 0. The Hall–Kier alpha value is -1.09. The van der Waals surface area contributed by atoms with Crippen molar-refractivity contribution in [1.29, 1.82) is 0 Å². The Balaban J connectivity index is 1.72. The average molecular weight is 230 g/mol. The van der Waals surface area contributed by atoms with E-state index in [9.17, 15) is 0 Å². The van der Waals surface area contributed by atoms with Crippen molar-refractivity contribution in [2.45, 2.75) is 37.1 Å². The van der Waals surface area contributed by atoms with Gasteiger partial charge in [-0.05, 0) is 31.6 Å². The fourth-order valence-electron chi connectivity index (χ4n) is 2.99. The third-order valence-corrected chi connectivity index (χ3v) is 4.34. The van der Waals surface area contributed by atoms with E-state index in [4.69, 9.17) is 4.74 Å². The highest BCUT2D eigenvalue weighted by atomic mass is 16.5. The van der Waals surface area contributed by atoms with Crippen LogP contribution in [0.5, 0.6) is 0 Å². The molecule has 0 radical (unpaired) electrons. The summed E-state index contributed by atoms with van der Waals surface area (Å²) in [6, 6.07) is 0.675. The quantitative estimate of drug-likeness (QED) is 0.746. The summed E-state index contributed by atoms with van der Waals surface area (Å²) in [6.45, 7) is 1.61. The second kappa shape index (κ2) is 3.45. The van der Waals surface area contributed by atoms with E-state index in [-0.39, 0.29) is 5.41 Å². The Morgan fingerprint density at radius 1 is 1.29 bits per heavy atom. The third kappa shape index (κ3) is 1.56. The molecule has 0 unspecified atom stereocenters. The van der Waals surface area contributed by atoms with Gasteiger partial charge in [-0.25, -0.2) is 0 Å². The lowest BCUT2D eigenvalue weighted by Gasteiger charge is -2.32. The first-order valence-corrected chi connectivity index (χ1v) is 6.68. The summed E-state index contributed by atoms with van der Waals surface area (Å²) in [7, 11) is 0. The summed E-state index contributed by atoms with van der Waals surface area (Å²) in [4.78, 5) is 0. The molecule has 4 rings (SSSR count).